The summed E-state index contributed by atoms with van der Waals surface area (Å²) >= 11 is 1.43. The minimum absolute atomic E-state index is 0.00730. The molecule has 7 heteroatoms. The van der Waals surface area contributed by atoms with Crippen LogP contribution in [0.5, 0.6) is 0 Å². The molecule has 1 aliphatic heterocycles. The van der Waals surface area contributed by atoms with Crippen LogP contribution in [0.25, 0.3) is 0 Å². The first kappa shape index (κ1) is 12.6. The Morgan fingerprint density at radius 2 is 2.40 bits per heavy atom. The first-order valence-corrected chi connectivity index (χ1v) is 5.98. The van der Waals surface area contributed by atoms with Gasteiger partial charge in [-0.05, 0) is 11.9 Å². The number of nitrogens with two attached hydrogens (primary N) is 1. The molecule has 88 valence electrons. The zero-order valence-electron chi connectivity index (χ0n) is 9.10. The molecule has 3 N–H and O–H groups in total. The zero-order chi connectivity index (χ0) is 11.3. The second kappa shape index (κ2) is 6.16. The molecule has 2 amide bonds. The van der Waals surface area contributed by atoms with E-state index in [1.54, 1.807) is 16.4 Å². The molecule has 0 radical (unpaired) electrons. The van der Waals surface area contributed by atoms with Crippen molar-refractivity contribution in [2.75, 3.05) is 39.6 Å². The van der Waals surface area contributed by atoms with E-state index >= 15 is 0 Å². The van der Waals surface area contributed by atoms with E-state index < -0.39 is 0 Å². The molecule has 0 aliphatic carbocycles. The Labute approximate surface area is 94.2 Å². The van der Waals surface area contributed by atoms with E-state index in [4.69, 9.17) is 10.5 Å². The van der Waals surface area contributed by atoms with Crippen molar-refractivity contribution in [1.82, 2.24) is 14.7 Å². The summed E-state index contributed by atoms with van der Waals surface area (Å²) in [6.07, 6.45) is 1.89. The van der Waals surface area contributed by atoms with Gasteiger partial charge in [-0.3, -0.25) is 9.31 Å². The number of hydrogen-bond acceptors (Lipinski definition) is 5. The van der Waals surface area contributed by atoms with Crippen LogP contribution in [0.4, 0.5) is 4.79 Å². The second-order valence-corrected chi connectivity index (χ2v) is 4.10. The minimum Gasteiger partial charge on any atom is -0.383 e. The molecule has 1 atom stereocenters. The first-order chi connectivity index (χ1) is 7.19. The Kier molecular flexibility index (Phi) is 5.16. The summed E-state index contributed by atoms with van der Waals surface area (Å²) in [6, 6.07) is -0.0988. The average Bonchev–Trinajstić information content (AvgIpc) is 2.57. The van der Waals surface area contributed by atoms with Gasteiger partial charge in [0.15, 0.2) is 0 Å². The fraction of sp³-hybridized carbons (Fsp3) is 0.875. The minimum atomic E-state index is -0.0915. The van der Waals surface area contributed by atoms with Gasteiger partial charge in [-0.15, -0.1) is 0 Å². The van der Waals surface area contributed by atoms with E-state index in [2.05, 4.69) is 5.43 Å². The molecule has 1 unspecified atom stereocenters. The predicted molar refractivity (Wildman–Crippen MR) is 60.2 cm³/mol. The Hall–Kier alpha value is -0.500. The number of nitrogens with one attached hydrogen (secondary N) is 1. The largest absolute Gasteiger partial charge is 0.383 e. The van der Waals surface area contributed by atoms with Crippen LogP contribution in [0.15, 0.2) is 0 Å². The maximum absolute atomic E-state index is 11.6. The van der Waals surface area contributed by atoms with Gasteiger partial charge in [0.1, 0.15) is 0 Å². The SMILES string of the molecule is COCC(N)CNN1CCN(SC)C1=O. The molecule has 15 heavy (non-hydrogen) atoms. The third-order valence-corrected chi connectivity index (χ3v) is 2.90. The molecule has 6 nitrogen and oxygen atoms in total. The second-order valence-electron chi connectivity index (χ2n) is 3.30. The molecule has 1 fully saturated rings. The molecule has 0 aromatic carbocycles. The van der Waals surface area contributed by atoms with Crippen LogP contribution in [0.2, 0.25) is 0 Å². The number of urea groups is 1. The van der Waals surface area contributed by atoms with E-state index in [1.807, 2.05) is 6.26 Å². The molecule has 0 aromatic rings. The van der Waals surface area contributed by atoms with Crippen molar-refractivity contribution < 1.29 is 9.53 Å². The van der Waals surface area contributed by atoms with Crippen molar-refractivity contribution in [2.24, 2.45) is 5.73 Å². The van der Waals surface area contributed by atoms with Gasteiger partial charge < -0.3 is 10.5 Å². The molecule has 0 aromatic heterocycles. The molecule has 1 rings (SSSR count). The lowest BCUT2D eigenvalue weighted by Gasteiger charge is -2.20. The molecular weight excluding hydrogens is 216 g/mol. The van der Waals surface area contributed by atoms with Gasteiger partial charge in [-0.1, -0.05) is 0 Å². The Morgan fingerprint density at radius 1 is 1.67 bits per heavy atom. The van der Waals surface area contributed by atoms with Gasteiger partial charge >= 0.3 is 6.03 Å². The van der Waals surface area contributed by atoms with E-state index in [0.29, 0.717) is 19.7 Å². The normalized spacial score (nSPS) is 18.7. The van der Waals surface area contributed by atoms with E-state index in [9.17, 15) is 4.79 Å². The van der Waals surface area contributed by atoms with Crippen LogP contribution in [0, 0.1) is 0 Å². The number of hydrazine groups is 1. The topological polar surface area (TPSA) is 70.8 Å². The number of hydrogen-bond donors (Lipinski definition) is 2. The monoisotopic (exact) mass is 234 g/mol. The number of carbonyl (C=O) groups excluding carboxylic acids is 1. The van der Waals surface area contributed by atoms with Gasteiger partial charge in [-0.2, -0.15) is 0 Å². The van der Waals surface area contributed by atoms with Gasteiger partial charge in [0, 0.05) is 26.0 Å². The summed E-state index contributed by atoms with van der Waals surface area (Å²) < 4.78 is 6.61. The highest BCUT2D eigenvalue weighted by Gasteiger charge is 2.27. The number of ether oxygens (including phenoxy) is 1. The Morgan fingerprint density at radius 3 is 2.93 bits per heavy atom. The number of carbonyl (C=O) groups is 1. The van der Waals surface area contributed by atoms with Gasteiger partial charge in [0.25, 0.3) is 0 Å². The molecular formula is C8H18N4O2S. The molecule has 1 aliphatic rings. The molecule has 0 bridgehead atoms. The summed E-state index contributed by atoms with van der Waals surface area (Å²) in [6.45, 7) is 2.47. The van der Waals surface area contributed by atoms with Crippen LogP contribution in [-0.2, 0) is 4.74 Å². The van der Waals surface area contributed by atoms with Crippen LogP contribution >= 0.6 is 11.9 Å². The summed E-state index contributed by atoms with van der Waals surface area (Å²) in [5.74, 6) is 0. The van der Waals surface area contributed by atoms with E-state index in [0.717, 1.165) is 6.54 Å². The summed E-state index contributed by atoms with van der Waals surface area (Å²) in [5, 5.41) is 1.59. The third kappa shape index (κ3) is 3.53. The standard InChI is InChI=1S/C8H18N4O2S/c1-14-6-7(9)5-10-11-3-4-12(15-2)8(11)13/h7,10H,3-6,9H2,1-2H3. The van der Waals surface area contributed by atoms with Crippen molar-refractivity contribution in [3.8, 4) is 0 Å². The van der Waals surface area contributed by atoms with Crippen LogP contribution < -0.4 is 11.2 Å². The maximum atomic E-state index is 11.6. The van der Waals surface area contributed by atoms with Crippen LogP contribution in [-0.4, -0.2) is 61.0 Å². The van der Waals surface area contributed by atoms with Gasteiger partial charge in [0.2, 0.25) is 0 Å². The zero-order valence-corrected chi connectivity index (χ0v) is 9.92. The van der Waals surface area contributed by atoms with Crippen molar-refractivity contribution in [3.05, 3.63) is 0 Å². The third-order valence-electron chi connectivity index (χ3n) is 2.12. The number of methoxy groups -OCH3 is 1. The van der Waals surface area contributed by atoms with Gasteiger partial charge in [-0.25, -0.2) is 10.2 Å². The average molecular weight is 234 g/mol. The van der Waals surface area contributed by atoms with Crippen molar-refractivity contribution >= 4 is 18.0 Å². The summed E-state index contributed by atoms with van der Waals surface area (Å²) in [5.41, 5.74) is 8.73. The fourth-order valence-electron chi connectivity index (χ4n) is 1.33. The number of nitrogens with zero attached hydrogens (tertiary/aromatic N) is 2. The lowest BCUT2D eigenvalue weighted by atomic mass is 10.3. The lowest BCUT2D eigenvalue weighted by Crippen LogP contribution is -2.47. The molecule has 0 saturated carbocycles. The van der Waals surface area contributed by atoms with Crippen molar-refractivity contribution in [3.63, 3.8) is 0 Å². The van der Waals surface area contributed by atoms with E-state index in [-0.39, 0.29) is 12.1 Å². The van der Waals surface area contributed by atoms with Crippen LogP contribution in [0.1, 0.15) is 0 Å². The maximum Gasteiger partial charge on any atom is 0.344 e. The fourth-order valence-corrected chi connectivity index (χ4v) is 1.85. The number of amides is 2. The Balaban J connectivity index is 2.25. The summed E-state index contributed by atoms with van der Waals surface area (Å²) in [7, 11) is 1.61. The van der Waals surface area contributed by atoms with E-state index in [1.165, 1.54) is 11.9 Å². The van der Waals surface area contributed by atoms with Crippen molar-refractivity contribution in [1.29, 1.82) is 0 Å². The molecule has 1 saturated heterocycles. The molecule has 1 heterocycles. The van der Waals surface area contributed by atoms with Crippen LogP contribution in [0.3, 0.4) is 0 Å². The first-order valence-electron chi connectivity index (χ1n) is 4.80. The lowest BCUT2D eigenvalue weighted by molar-refractivity contribution is 0.158. The molecule has 0 spiro atoms. The highest BCUT2D eigenvalue weighted by atomic mass is 32.2. The Bertz CT molecular complexity index is 217. The highest BCUT2D eigenvalue weighted by molar-refractivity contribution is 7.96. The van der Waals surface area contributed by atoms with Gasteiger partial charge in [0.05, 0.1) is 19.7 Å². The summed E-state index contributed by atoms with van der Waals surface area (Å²) in [4.78, 5) is 11.6. The number of rotatable bonds is 6. The predicted octanol–water partition coefficient (Wildman–Crippen LogP) is -0.520. The highest BCUT2D eigenvalue weighted by Crippen LogP contribution is 2.13. The van der Waals surface area contributed by atoms with Crippen molar-refractivity contribution in [2.45, 2.75) is 6.04 Å². The smallest absolute Gasteiger partial charge is 0.344 e. The quantitative estimate of drug-likeness (QED) is 0.605.